The number of ether oxygens (including phenoxy) is 2. The molecule has 3 aromatic carbocycles. The van der Waals surface area contributed by atoms with Crippen LogP contribution in [0.1, 0.15) is 27.0 Å². The Morgan fingerprint density at radius 3 is 2.41 bits per heavy atom. The lowest BCUT2D eigenvalue weighted by atomic mass is 10.1. The van der Waals surface area contributed by atoms with Gasteiger partial charge < -0.3 is 19.7 Å². The first kappa shape index (κ1) is 21.4. The number of hydrogen-bond acceptors (Lipinski definition) is 4. The number of hydrogen-bond donors (Lipinski definition) is 1. The molecule has 0 aromatic heterocycles. The third-order valence-corrected chi connectivity index (χ3v) is 5.43. The molecule has 0 saturated heterocycles. The molecule has 1 aliphatic heterocycles. The summed E-state index contributed by atoms with van der Waals surface area (Å²) in [4.78, 5) is 26.9. The molecule has 3 aromatic rings. The molecule has 0 atom stereocenters. The second-order valence-corrected chi connectivity index (χ2v) is 7.50. The maximum atomic E-state index is 13.1. The fourth-order valence-corrected chi connectivity index (χ4v) is 3.75. The van der Waals surface area contributed by atoms with Gasteiger partial charge in [-0.05, 0) is 59.2 Å². The number of rotatable bonds is 7. The Balaban J connectivity index is 1.45. The van der Waals surface area contributed by atoms with Gasteiger partial charge in [-0.15, -0.1) is 0 Å². The zero-order valence-corrected chi connectivity index (χ0v) is 17.9. The summed E-state index contributed by atoms with van der Waals surface area (Å²) >= 11 is 0. The third kappa shape index (κ3) is 4.42. The van der Waals surface area contributed by atoms with Gasteiger partial charge in [-0.2, -0.15) is 0 Å². The first-order valence-corrected chi connectivity index (χ1v) is 10.2. The average Bonchev–Trinajstić information content (AvgIpc) is 3.12. The molecule has 0 aliphatic carbocycles. The first-order chi connectivity index (χ1) is 15.5. The standard InChI is InChI=1S/C25H23FN2O4/c1-31-22-10-5-17(11-23(22)32-2)14-27-25(30)18-6-9-21-19(12-18)13-24(29)28(21)15-16-3-7-20(26)8-4-16/h3-12H,13-15H2,1-2H3,(H,27,30). The van der Waals surface area contributed by atoms with Crippen LogP contribution in [-0.4, -0.2) is 26.0 Å². The Hall–Kier alpha value is -3.87. The number of benzene rings is 3. The quantitative estimate of drug-likeness (QED) is 0.613. The molecular formula is C25H23FN2O4. The summed E-state index contributed by atoms with van der Waals surface area (Å²) in [5, 5.41) is 2.89. The fraction of sp³-hybridized carbons (Fsp3) is 0.200. The number of nitrogens with one attached hydrogen (secondary N) is 1. The van der Waals surface area contributed by atoms with Gasteiger partial charge >= 0.3 is 0 Å². The van der Waals surface area contributed by atoms with Crippen molar-refractivity contribution in [3.05, 3.63) is 88.7 Å². The van der Waals surface area contributed by atoms with Crippen molar-refractivity contribution in [1.29, 1.82) is 0 Å². The predicted molar refractivity (Wildman–Crippen MR) is 118 cm³/mol. The molecule has 0 radical (unpaired) electrons. The zero-order valence-electron chi connectivity index (χ0n) is 17.9. The number of halogens is 1. The van der Waals surface area contributed by atoms with Crippen LogP contribution in [0.3, 0.4) is 0 Å². The van der Waals surface area contributed by atoms with Gasteiger partial charge in [-0.3, -0.25) is 9.59 Å². The van der Waals surface area contributed by atoms with E-state index in [4.69, 9.17) is 9.47 Å². The van der Waals surface area contributed by atoms with Crippen molar-refractivity contribution in [2.75, 3.05) is 19.1 Å². The van der Waals surface area contributed by atoms with Crippen LogP contribution < -0.4 is 19.7 Å². The van der Waals surface area contributed by atoms with Crippen LogP contribution in [0.5, 0.6) is 11.5 Å². The lowest BCUT2D eigenvalue weighted by Crippen LogP contribution is -2.26. The summed E-state index contributed by atoms with van der Waals surface area (Å²) in [7, 11) is 3.13. The van der Waals surface area contributed by atoms with E-state index in [1.165, 1.54) is 12.1 Å². The van der Waals surface area contributed by atoms with Gasteiger partial charge in [0.2, 0.25) is 5.91 Å². The minimum absolute atomic E-state index is 0.0489. The van der Waals surface area contributed by atoms with E-state index in [-0.39, 0.29) is 24.1 Å². The summed E-state index contributed by atoms with van der Waals surface area (Å²) in [6, 6.07) is 16.8. The van der Waals surface area contributed by atoms with E-state index in [0.717, 1.165) is 22.4 Å². The Bertz CT molecular complexity index is 1160. The zero-order chi connectivity index (χ0) is 22.7. The van der Waals surface area contributed by atoms with Crippen molar-refractivity contribution in [2.45, 2.75) is 19.5 Å². The molecule has 32 heavy (non-hydrogen) atoms. The van der Waals surface area contributed by atoms with Crippen molar-refractivity contribution in [3.63, 3.8) is 0 Å². The molecule has 2 amide bonds. The van der Waals surface area contributed by atoms with Gasteiger partial charge in [0.1, 0.15) is 5.82 Å². The van der Waals surface area contributed by atoms with Gasteiger partial charge in [0, 0.05) is 17.8 Å². The van der Waals surface area contributed by atoms with Crippen LogP contribution in [0.15, 0.2) is 60.7 Å². The van der Waals surface area contributed by atoms with Crippen molar-refractivity contribution in [1.82, 2.24) is 5.32 Å². The number of nitrogens with zero attached hydrogens (tertiary/aromatic N) is 1. The summed E-state index contributed by atoms with van der Waals surface area (Å²) in [6.45, 7) is 0.683. The molecule has 6 nitrogen and oxygen atoms in total. The molecule has 0 unspecified atom stereocenters. The largest absolute Gasteiger partial charge is 0.493 e. The number of methoxy groups -OCH3 is 2. The number of anilines is 1. The third-order valence-electron chi connectivity index (χ3n) is 5.43. The smallest absolute Gasteiger partial charge is 0.251 e. The Morgan fingerprint density at radius 2 is 1.69 bits per heavy atom. The summed E-state index contributed by atoms with van der Waals surface area (Å²) in [5.74, 6) is 0.623. The average molecular weight is 434 g/mol. The lowest BCUT2D eigenvalue weighted by molar-refractivity contribution is -0.117. The van der Waals surface area contributed by atoms with Crippen LogP contribution in [0.25, 0.3) is 0 Å². The fourth-order valence-electron chi connectivity index (χ4n) is 3.75. The van der Waals surface area contributed by atoms with Gasteiger partial charge in [-0.25, -0.2) is 4.39 Å². The molecule has 0 spiro atoms. The highest BCUT2D eigenvalue weighted by atomic mass is 19.1. The van der Waals surface area contributed by atoms with Crippen molar-refractivity contribution in [3.8, 4) is 11.5 Å². The highest BCUT2D eigenvalue weighted by Gasteiger charge is 2.28. The molecule has 1 aliphatic rings. The van der Waals surface area contributed by atoms with E-state index in [1.54, 1.807) is 55.5 Å². The summed E-state index contributed by atoms with van der Waals surface area (Å²) < 4.78 is 23.7. The van der Waals surface area contributed by atoms with Gasteiger partial charge in [-0.1, -0.05) is 18.2 Å². The van der Waals surface area contributed by atoms with E-state index < -0.39 is 0 Å². The SMILES string of the molecule is COc1ccc(CNC(=O)c2ccc3c(c2)CC(=O)N3Cc2ccc(F)cc2)cc1OC. The van der Waals surface area contributed by atoms with Crippen LogP contribution in [0, 0.1) is 5.82 Å². The molecule has 1 heterocycles. The monoisotopic (exact) mass is 434 g/mol. The molecular weight excluding hydrogens is 411 g/mol. The van der Waals surface area contributed by atoms with Crippen LogP contribution in [0.4, 0.5) is 10.1 Å². The van der Waals surface area contributed by atoms with Crippen molar-refractivity contribution >= 4 is 17.5 Å². The van der Waals surface area contributed by atoms with E-state index in [0.29, 0.717) is 30.2 Å². The Kier molecular flexibility index (Phi) is 6.07. The molecule has 164 valence electrons. The molecule has 4 rings (SSSR count). The summed E-state index contributed by atoms with van der Waals surface area (Å²) in [5.41, 5.74) is 3.77. The van der Waals surface area contributed by atoms with Crippen LogP contribution in [-0.2, 0) is 24.3 Å². The van der Waals surface area contributed by atoms with E-state index in [9.17, 15) is 14.0 Å². The number of fused-ring (bicyclic) bond motifs is 1. The molecule has 0 fully saturated rings. The minimum Gasteiger partial charge on any atom is -0.493 e. The van der Waals surface area contributed by atoms with Gasteiger partial charge in [0.15, 0.2) is 11.5 Å². The Morgan fingerprint density at radius 1 is 0.969 bits per heavy atom. The van der Waals surface area contributed by atoms with E-state index in [1.807, 2.05) is 12.1 Å². The maximum Gasteiger partial charge on any atom is 0.251 e. The number of carbonyl (C=O) groups excluding carboxylic acids is 2. The van der Waals surface area contributed by atoms with Crippen LogP contribution in [0.2, 0.25) is 0 Å². The van der Waals surface area contributed by atoms with Crippen molar-refractivity contribution in [2.24, 2.45) is 0 Å². The van der Waals surface area contributed by atoms with Crippen LogP contribution >= 0.6 is 0 Å². The molecule has 0 saturated carbocycles. The second kappa shape index (κ2) is 9.09. The molecule has 1 N–H and O–H groups in total. The highest BCUT2D eigenvalue weighted by molar-refractivity contribution is 6.03. The van der Waals surface area contributed by atoms with Gasteiger partial charge in [0.05, 0.1) is 27.2 Å². The summed E-state index contributed by atoms with van der Waals surface area (Å²) in [6.07, 6.45) is 0.229. The maximum absolute atomic E-state index is 13.1. The minimum atomic E-state index is -0.314. The predicted octanol–water partition coefficient (Wildman–Crippen LogP) is 3.86. The Labute approximate surface area is 185 Å². The lowest BCUT2D eigenvalue weighted by Gasteiger charge is -2.18. The normalized spacial score (nSPS) is 12.5. The molecule has 7 heteroatoms. The van der Waals surface area contributed by atoms with Crippen molar-refractivity contribution < 1.29 is 23.5 Å². The van der Waals surface area contributed by atoms with E-state index >= 15 is 0 Å². The van der Waals surface area contributed by atoms with Gasteiger partial charge in [0.25, 0.3) is 5.91 Å². The number of carbonyl (C=O) groups is 2. The first-order valence-electron chi connectivity index (χ1n) is 10.2. The topological polar surface area (TPSA) is 67.9 Å². The molecule has 0 bridgehead atoms. The highest BCUT2D eigenvalue weighted by Crippen LogP contribution is 2.31. The number of amides is 2. The van der Waals surface area contributed by atoms with E-state index in [2.05, 4.69) is 5.32 Å². The second-order valence-electron chi connectivity index (χ2n) is 7.50.